The molecule has 0 aromatic heterocycles. The molecular formula is C16H12O2. The van der Waals surface area contributed by atoms with Gasteiger partial charge in [0.25, 0.3) is 0 Å². The van der Waals surface area contributed by atoms with E-state index in [0.717, 1.165) is 5.56 Å². The number of rotatable bonds is 4. The maximum Gasteiger partial charge on any atom is 0.193 e. The van der Waals surface area contributed by atoms with Gasteiger partial charge in [0.15, 0.2) is 5.78 Å². The molecule has 2 heteroatoms. The van der Waals surface area contributed by atoms with Crippen molar-refractivity contribution in [2.45, 2.75) is 0 Å². The average molecular weight is 236 g/mol. The van der Waals surface area contributed by atoms with Crippen molar-refractivity contribution < 1.29 is 9.59 Å². The Morgan fingerprint density at radius 3 is 2.28 bits per heavy atom. The van der Waals surface area contributed by atoms with Crippen LogP contribution in [0.3, 0.4) is 0 Å². The van der Waals surface area contributed by atoms with Gasteiger partial charge in [-0.1, -0.05) is 60.7 Å². The fourth-order valence-corrected chi connectivity index (χ4v) is 1.74. The second kappa shape index (κ2) is 5.73. The highest BCUT2D eigenvalue weighted by Crippen LogP contribution is 2.15. The van der Waals surface area contributed by atoms with Crippen molar-refractivity contribution in [3.05, 3.63) is 77.4 Å². The topological polar surface area (TPSA) is 34.1 Å². The number of aldehydes is 1. The van der Waals surface area contributed by atoms with Crippen LogP contribution in [0.1, 0.15) is 21.5 Å². The van der Waals surface area contributed by atoms with Crippen LogP contribution in [-0.4, -0.2) is 12.1 Å². The number of carbonyl (C=O) groups excluding carboxylic acids is 2. The molecule has 0 aliphatic rings. The number of benzene rings is 2. The second-order valence-corrected chi connectivity index (χ2v) is 3.78. The number of ketones is 1. The first-order valence-electron chi connectivity index (χ1n) is 5.63. The van der Waals surface area contributed by atoms with Gasteiger partial charge in [0.05, 0.1) is 0 Å². The molecule has 0 saturated heterocycles. The molecule has 0 aliphatic heterocycles. The molecular weight excluding hydrogens is 224 g/mol. The van der Waals surface area contributed by atoms with Crippen molar-refractivity contribution >= 4 is 18.1 Å². The highest BCUT2D eigenvalue weighted by Gasteiger charge is 2.10. The Labute approximate surface area is 106 Å². The summed E-state index contributed by atoms with van der Waals surface area (Å²) in [7, 11) is 0. The lowest BCUT2D eigenvalue weighted by Gasteiger charge is -2.04. The van der Waals surface area contributed by atoms with E-state index in [1.165, 1.54) is 6.08 Å². The van der Waals surface area contributed by atoms with Crippen LogP contribution in [0.25, 0.3) is 6.08 Å². The molecule has 88 valence electrons. The van der Waals surface area contributed by atoms with Gasteiger partial charge in [-0.15, -0.1) is 0 Å². The van der Waals surface area contributed by atoms with Gasteiger partial charge < -0.3 is 0 Å². The van der Waals surface area contributed by atoms with E-state index in [2.05, 4.69) is 0 Å². The minimum Gasteiger partial charge on any atom is -0.299 e. The third kappa shape index (κ3) is 2.61. The quantitative estimate of drug-likeness (QED) is 0.464. The zero-order chi connectivity index (χ0) is 12.8. The molecule has 18 heavy (non-hydrogen) atoms. The molecule has 0 atom stereocenters. The molecule has 2 nitrogen and oxygen atoms in total. The van der Waals surface area contributed by atoms with Gasteiger partial charge in [0.1, 0.15) is 6.29 Å². The smallest absolute Gasteiger partial charge is 0.193 e. The zero-order valence-corrected chi connectivity index (χ0v) is 9.74. The van der Waals surface area contributed by atoms with E-state index in [4.69, 9.17) is 0 Å². The lowest BCUT2D eigenvalue weighted by molar-refractivity contribution is -0.104. The van der Waals surface area contributed by atoms with E-state index in [1.807, 2.05) is 36.4 Å². The fraction of sp³-hybridized carbons (Fsp3) is 0. The summed E-state index contributed by atoms with van der Waals surface area (Å²) in [6.07, 6.45) is 3.73. The molecule has 0 fully saturated rings. The third-order valence-electron chi connectivity index (χ3n) is 2.60. The van der Waals surface area contributed by atoms with E-state index in [1.54, 1.807) is 24.3 Å². The molecule has 0 heterocycles. The molecule has 0 saturated carbocycles. The minimum absolute atomic E-state index is 0.0400. The summed E-state index contributed by atoms with van der Waals surface area (Å²) in [6, 6.07) is 16.3. The largest absolute Gasteiger partial charge is 0.299 e. The molecule has 0 spiro atoms. The molecule has 0 radical (unpaired) electrons. The summed E-state index contributed by atoms with van der Waals surface area (Å²) in [5.74, 6) is -0.0400. The van der Waals surface area contributed by atoms with Crippen LogP contribution in [-0.2, 0) is 4.79 Å². The Hall–Kier alpha value is -2.48. The Morgan fingerprint density at radius 2 is 1.56 bits per heavy atom. The zero-order valence-electron chi connectivity index (χ0n) is 9.74. The summed E-state index contributed by atoms with van der Waals surface area (Å²) in [5, 5.41) is 0. The van der Waals surface area contributed by atoms with Crippen molar-refractivity contribution in [3.8, 4) is 0 Å². The number of carbonyl (C=O) groups is 2. The van der Waals surface area contributed by atoms with Gasteiger partial charge in [0.2, 0.25) is 0 Å². The van der Waals surface area contributed by atoms with Crippen LogP contribution >= 0.6 is 0 Å². The maximum absolute atomic E-state index is 12.3. The van der Waals surface area contributed by atoms with Gasteiger partial charge in [-0.3, -0.25) is 9.59 Å². The van der Waals surface area contributed by atoms with Gasteiger partial charge in [0, 0.05) is 11.1 Å². The average Bonchev–Trinajstić information content (AvgIpc) is 2.45. The van der Waals surface area contributed by atoms with Crippen molar-refractivity contribution in [2.75, 3.05) is 0 Å². The normalized spacial score (nSPS) is 10.4. The van der Waals surface area contributed by atoms with Crippen molar-refractivity contribution in [1.29, 1.82) is 0 Å². The Kier molecular flexibility index (Phi) is 3.82. The Morgan fingerprint density at radius 1 is 0.889 bits per heavy atom. The molecule has 0 bridgehead atoms. The number of hydrogen-bond donors (Lipinski definition) is 0. The third-order valence-corrected chi connectivity index (χ3v) is 2.60. The minimum atomic E-state index is -0.0400. The molecule has 0 aliphatic carbocycles. The van der Waals surface area contributed by atoms with Crippen LogP contribution in [0, 0.1) is 0 Å². The maximum atomic E-state index is 12.3. The molecule has 0 unspecified atom stereocenters. The predicted molar refractivity (Wildman–Crippen MR) is 71.4 cm³/mol. The van der Waals surface area contributed by atoms with E-state index in [-0.39, 0.29) is 5.78 Å². The van der Waals surface area contributed by atoms with E-state index >= 15 is 0 Å². The Balaban J connectivity index is 2.42. The predicted octanol–water partition coefficient (Wildman–Crippen LogP) is 3.13. The first-order chi connectivity index (χ1) is 8.83. The van der Waals surface area contributed by atoms with Crippen LogP contribution in [0.15, 0.2) is 60.7 Å². The van der Waals surface area contributed by atoms with Crippen LogP contribution in [0.4, 0.5) is 0 Å². The van der Waals surface area contributed by atoms with Crippen LogP contribution in [0.5, 0.6) is 0 Å². The summed E-state index contributed by atoms with van der Waals surface area (Å²) in [4.78, 5) is 22.7. The van der Waals surface area contributed by atoms with Crippen LogP contribution < -0.4 is 0 Å². The van der Waals surface area contributed by atoms with Gasteiger partial charge >= 0.3 is 0 Å². The van der Waals surface area contributed by atoms with Gasteiger partial charge in [-0.25, -0.2) is 0 Å². The number of allylic oxidation sites excluding steroid dienone is 1. The fourth-order valence-electron chi connectivity index (χ4n) is 1.74. The lowest BCUT2D eigenvalue weighted by Crippen LogP contribution is -2.03. The highest BCUT2D eigenvalue weighted by atomic mass is 16.1. The molecule has 2 aromatic rings. The first-order valence-corrected chi connectivity index (χ1v) is 5.63. The summed E-state index contributed by atoms with van der Waals surface area (Å²) < 4.78 is 0. The number of hydrogen-bond acceptors (Lipinski definition) is 2. The van der Waals surface area contributed by atoms with Crippen LogP contribution in [0.2, 0.25) is 0 Å². The highest BCUT2D eigenvalue weighted by molar-refractivity contribution is 6.11. The second-order valence-electron chi connectivity index (χ2n) is 3.78. The lowest BCUT2D eigenvalue weighted by atomic mass is 9.98. The summed E-state index contributed by atoms with van der Waals surface area (Å²) in [5.41, 5.74) is 1.99. The van der Waals surface area contributed by atoms with E-state index in [9.17, 15) is 9.59 Å². The molecule has 0 N–H and O–H groups in total. The standard InChI is InChI=1S/C16H12O2/c17-12-6-10-13-7-4-5-11-15(13)16(18)14-8-2-1-3-9-14/h1-12H. The Bertz CT molecular complexity index is 583. The van der Waals surface area contributed by atoms with Gasteiger partial charge in [-0.2, -0.15) is 0 Å². The SMILES string of the molecule is O=CC=Cc1ccccc1C(=O)c1ccccc1. The summed E-state index contributed by atoms with van der Waals surface area (Å²) >= 11 is 0. The van der Waals surface area contributed by atoms with E-state index in [0.29, 0.717) is 17.4 Å². The molecule has 2 aromatic carbocycles. The van der Waals surface area contributed by atoms with Crippen molar-refractivity contribution in [3.63, 3.8) is 0 Å². The summed E-state index contributed by atoms with van der Waals surface area (Å²) in [6.45, 7) is 0. The van der Waals surface area contributed by atoms with Crippen molar-refractivity contribution in [2.24, 2.45) is 0 Å². The monoisotopic (exact) mass is 236 g/mol. The van der Waals surface area contributed by atoms with E-state index < -0.39 is 0 Å². The molecule has 2 rings (SSSR count). The van der Waals surface area contributed by atoms with Gasteiger partial charge in [-0.05, 0) is 11.6 Å². The molecule has 0 amide bonds. The van der Waals surface area contributed by atoms with Crippen molar-refractivity contribution in [1.82, 2.24) is 0 Å². The first kappa shape index (κ1) is 12.0.